The second kappa shape index (κ2) is 7.62. The van der Waals surface area contributed by atoms with Crippen LogP contribution in [0.2, 0.25) is 5.02 Å². The molecule has 1 aromatic heterocycles. The Morgan fingerprint density at radius 1 is 1.12 bits per heavy atom. The largest absolute Gasteiger partial charge is 0.457 e. The van der Waals surface area contributed by atoms with Crippen molar-refractivity contribution in [3.05, 3.63) is 87.6 Å². The molecule has 0 radical (unpaired) electrons. The number of rotatable bonds is 5. The zero-order valence-electron chi connectivity index (χ0n) is 13.3. The highest BCUT2D eigenvalue weighted by Gasteiger charge is 2.19. The quantitative estimate of drug-likeness (QED) is 0.520. The normalized spacial score (nSPS) is 10.2. The summed E-state index contributed by atoms with van der Waals surface area (Å²) >= 11 is 5.77. The summed E-state index contributed by atoms with van der Waals surface area (Å²) < 4.78 is 5.70. The van der Waals surface area contributed by atoms with Gasteiger partial charge in [0, 0.05) is 18.3 Å². The van der Waals surface area contributed by atoms with Crippen molar-refractivity contribution in [3.63, 3.8) is 0 Å². The molecule has 130 valence electrons. The Labute approximate surface area is 153 Å². The van der Waals surface area contributed by atoms with E-state index in [0.717, 1.165) is 6.07 Å². The first-order chi connectivity index (χ1) is 12.5. The molecule has 2 aromatic carbocycles. The lowest BCUT2D eigenvalue weighted by atomic mass is 10.1. The Balaban J connectivity index is 1.93. The lowest BCUT2D eigenvalue weighted by Gasteiger charge is -2.11. The van der Waals surface area contributed by atoms with Crippen LogP contribution in [0.3, 0.4) is 0 Å². The number of anilines is 1. The van der Waals surface area contributed by atoms with Crippen LogP contribution in [0.1, 0.15) is 10.4 Å². The molecule has 8 heteroatoms. The number of non-ortho nitro benzene ring substituents is 1. The molecule has 0 fully saturated rings. The molecule has 7 nitrogen and oxygen atoms in total. The van der Waals surface area contributed by atoms with Crippen LogP contribution in [0.15, 0.2) is 66.9 Å². The first-order valence-corrected chi connectivity index (χ1v) is 7.85. The molecule has 3 rings (SSSR count). The topological polar surface area (TPSA) is 94.4 Å². The van der Waals surface area contributed by atoms with Gasteiger partial charge in [0.15, 0.2) is 0 Å². The molecule has 0 atom stereocenters. The van der Waals surface area contributed by atoms with E-state index in [0.29, 0.717) is 10.8 Å². The molecular formula is C18H12ClN3O4. The number of carbonyl (C=O) groups is 1. The van der Waals surface area contributed by atoms with Gasteiger partial charge in [-0.05, 0) is 30.3 Å². The average Bonchev–Trinajstić information content (AvgIpc) is 2.64. The molecule has 1 amide bonds. The van der Waals surface area contributed by atoms with Crippen molar-refractivity contribution in [2.75, 3.05) is 5.32 Å². The number of para-hydroxylation sites is 1. The third-order valence-corrected chi connectivity index (χ3v) is 3.58. The van der Waals surface area contributed by atoms with Crippen molar-refractivity contribution in [1.82, 2.24) is 4.98 Å². The second-order valence-corrected chi connectivity index (χ2v) is 5.60. The molecule has 3 aromatic rings. The number of nitro benzene ring substituents is 1. The van der Waals surface area contributed by atoms with E-state index >= 15 is 0 Å². The summed E-state index contributed by atoms with van der Waals surface area (Å²) in [6, 6.07) is 15.7. The number of hydrogen-bond donors (Lipinski definition) is 1. The fourth-order valence-corrected chi connectivity index (χ4v) is 2.26. The molecule has 0 bridgehead atoms. The highest BCUT2D eigenvalue weighted by atomic mass is 35.5. The molecule has 0 aliphatic carbocycles. The number of aromatic nitrogens is 1. The van der Waals surface area contributed by atoms with Gasteiger partial charge in [-0.15, -0.1) is 0 Å². The van der Waals surface area contributed by atoms with Gasteiger partial charge in [0.1, 0.15) is 17.3 Å². The monoisotopic (exact) mass is 369 g/mol. The molecule has 0 aliphatic heterocycles. The lowest BCUT2D eigenvalue weighted by Crippen LogP contribution is -2.14. The molecule has 1 heterocycles. The van der Waals surface area contributed by atoms with E-state index in [1.54, 1.807) is 30.3 Å². The van der Waals surface area contributed by atoms with Crippen molar-refractivity contribution < 1.29 is 14.5 Å². The Kier molecular flexibility index (Phi) is 5.09. The number of nitrogens with one attached hydrogen (secondary N) is 1. The molecule has 0 spiro atoms. The van der Waals surface area contributed by atoms with E-state index < -0.39 is 10.8 Å². The Morgan fingerprint density at radius 3 is 2.54 bits per heavy atom. The Bertz CT molecular complexity index is 946. The predicted molar refractivity (Wildman–Crippen MR) is 96.8 cm³/mol. The molecule has 0 saturated carbocycles. The number of nitro groups is 1. The van der Waals surface area contributed by atoms with Gasteiger partial charge >= 0.3 is 0 Å². The smallest absolute Gasteiger partial charge is 0.270 e. The van der Waals surface area contributed by atoms with E-state index in [-0.39, 0.29) is 22.8 Å². The average molecular weight is 370 g/mol. The molecule has 0 aliphatic rings. The van der Waals surface area contributed by atoms with Crippen molar-refractivity contribution in [3.8, 4) is 11.5 Å². The third-order valence-electron chi connectivity index (χ3n) is 3.36. The number of amides is 1. The van der Waals surface area contributed by atoms with Crippen molar-refractivity contribution in [1.29, 1.82) is 0 Å². The molecular weight excluding hydrogens is 358 g/mol. The summed E-state index contributed by atoms with van der Waals surface area (Å²) in [6.45, 7) is 0. The van der Waals surface area contributed by atoms with Gasteiger partial charge in [-0.25, -0.2) is 4.98 Å². The molecule has 0 unspecified atom stereocenters. The lowest BCUT2D eigenvalue weighted by molar-refractivity contribution is -0.384. The summed E-state index contributed by atoms with van der Waals surface area (Å²) in [7, 11) is 0. The minimum absolute atomic E-state index is 0.0137. The number of hydrogen-bond acceptors (Lipinski definition) is 5. The maximum absolute atomic E-state index is 12.6. The highest BCUT2D eigenvalue weighted by Crippen LogP contribution is 2.29. The van der Waals surface area contributed by atoms with Crippen molar-refractivity contribution in [2.45, 2.75) is 0 Å². The fourth-order valence-electron chi connectivity index (χ4n) is 2.15. The Hall–Kier alpha value is -3.45. The van der Waals surface area contributed by atoms with Crippen molar-refractivity contribution in [2.24, 2.45) is 0 Å². The Morgan fingerprint density at radius 2 is 1.88 bits per heavy atom. The van der Waals surface area contributed by atoms with Gasteiger partial charge in [-0.2, -0.15) is 0 Å². The number of ether oxygens (including phenoxy) is 1. The van der Waals surface area contributed by atoms with Gasteiger partial charge in [-0.3, -0.25) is 14.9 Å². The summed E-state index contributed by atoms with van der Waals surface area (Å²) in [5, 5.41) is 14.0. The fraction of sp³-hybridized carbons (Fsp3) is 0. The third kappa shape index (κ3) is 4.14. The van der Waals surface area contributed by atoms with E-state index in [2.05, 4.69) is 10.3 Å². The zero-order chi connectivity index (χ0) is 18.5. The first kappa shape index (κ1) is 17.4. The van der Waals surface area contributed by atoms with Gasteiger partial charge in [0.25, 0.3) is 11.6 Å². The van der Waals surface area contributed by atoms with Crippen LogP contribution in [-0.2, 0) is 0 Å². The summed E-state index contributed by atoms with van der Waals surface area (Å²) in [5.41, 5.74) is -0.209. The first-order valence-electron chi connectivity index (χ1n) is 7.47. The minimum Gasteiger partial charge on any atom is -0.457 e. The summed E-state index contributed by atoms with van der Waals surface area (Å²) in [5.74, 6) is 0.360. The number of benzene rings is 2. The number of halogens is 1. The zero-order valence-corrected chi connectivity index (χ0v) is 14.0. The number of nitrogens with zero attached hydrogens (tertiary/aromatic N) is 2. The maximum atomic E-state index is 12.6. The molecule has 26 heavy (non-hydrogen) atoms. The van der Waals surface area contributed by atoms with Crippen LogP contribution in [-0.4, -0.2) is 15.8 Å². The van der Waals surface area contributed by atoms with E-state index in [1.165, 1.54) is 24.4 Å². The standard InChI is InChI=1S/C18H12ClN3O4/c19-12-6-9-17(20-11-12)21-18(23)15-10-13(22(24)25)7-8-16(15)26-14-4-2-1-3-5-14/h1-11H,(H,20,21,23). The van der Waals surface area contributed by atoms with Gasteiger partial charge in [0.2, 0.25) is 0 Å². The molecule has 0 saturated heterocycles. The maximum Gasteiger partial charge on any atom is 0.270 e. The second-order valence-electron chi connectivity index (χ2n) is 5.17. The van der Waals surface area contributed by atoms with Gasteiger partial charge in [0.05, 0.1) is 15.5 Å². The number of pyridine rings is 1. The van der Waals surface area contributed by atoms with E-state index in [4.69, 9.17) is 16.3 Å². The van der Waals surface area contributed by atoms with Crippen molar-refractivity contribution >= 4 is 29.0 Å². The highest BCUT2D eigenvalue weighted by molar-refractivity contribution is 6.30. The van der Waals surface area contributed by atoms with Crippen LogP contribution >= 0.6 is 11.6 Å². The van der Waals surface area contributed by atoms with Crippen LogP contribution in [0.25, 0.3) is 0 Å². The van der Waals surface area contributed by atoms with Gasteiger partial charge < -0.3 is 10.1 Å². The van der Waals surface area contributed by atoms with Crippen LogP contribution in [0, 0.1) is 10.1 Å². The molecule has 1 N–H and O–H groups in total. The van der Waals surface area contributed by atoms with Crippen LogP contribution in [0.4, 0.5) is 11.5 Å². The van der Waals surface area contributed by atoms with Crippen LogP contribution in [0.5, 0.6) is 11.5 Å². The van der Waals surface area contributed by atoms with E-state index in [9.17, 15) is 14.9 Å². The summed E-state index contributed by atoms with van der Waals surface area (Å²) in [6.07, 6.45) is 1.38. The van der Waals surface area contributed by atoms with Gasteiger partial charge in [-0.1, -0.05) is 29.8 Å². The minimum atomic E-state index is -0.588. The predicted octanol–water partition coefficient (Wildman–Crippen LogP) is 4.69. The van der Waals surface area contributed by atoms with Crippen LogP contribution < -0.4 is 10.1 Å². The number of carbonyl (C=O) groups excluding carboxylic acids is 1. The SMILES string of the molecule is O=C(Nc1ccc(Cl)cn1)c1cc([N+](=O)[O-])ccc1Oc1ccccc1. The summed E-state index contributed by atoms with van der Waals surface area (Å²) in [4.78, 5) is 27.0. The van der Waals surface area contributed by atoms with E-state index in [1.807, 2.05) is 6.07 Å².